The minimum absolute atomic E-state index is 0.409. The highest BCUT2D eigenvalue weighted by Gasteiger charge is 2.15. The Morgan fingerprint density at radius 3 is 2.89 bits per heavy atom. The van der Waals surface area contributed by atoms with Crippen molar-refractivity contribution >= 4 is 39.5 Å². The van der Waals surface area contributed by atoms with E-state index in [9.17, 15) is 0 Å². The van der Waals surface area contributed by atoms with Crippen LogP contribution in [0, 0.1) is 0 Å². The molecule has 0 aliphatic rings. The molecule has 0 radical (unpaired) electrons. The van der Waals surface area contributed by atoms with E-state index in [2.05, 4.69) is 4.98 Å². The predicted molar refractivity (Wildman–Crippen MR) is 76.4 cm³/mol. The Morgan fingerprint density at radius 2 is 2.17 bits per heavy atom. The van der Waals surface area contributed by atoms with Gasteiger partial charge in [-0.2, -0.15) is 0 Å². The van der Waals surface area contributed by atoms with E-state index >= 15 is 0 Å². The van der Waals surface area contributed by atoms with Gasteiger partial charge in [0.2, 0.25) is 0 Å². The minimum Gasteiger partial charge on any atom is -0.325 e. The van der Waals surface area contributed by atoms with Crippen molar-refractivity contribution in [2.45, 2.75) is 6.54 Å². The Labute approximate surface area is 118 Å². The van der Waals surface area contributed by atoms with Crippen LogP contribution in [0.25, 0.3) is 16.2 Å². The van der Waals surface area contributed by atoms with Crippen LogP contribution in [0.4, 0.5) is 0 Å². The van der Waals surface area contributed by atoms with Crippen molar-refractivity contribution in [3.05, 3.63) is 45.5 Å². The maximum Gasteiger partial charge on any atom is 0.194 e. The van der Waals surface area contributed by atoms with Gasteiger partial charge >= 0.3 is 0 Å². The Bertz CT molecular complexity index is 717. The van der Waals surface area contributed by atoms with Gasteiger partial charge < -0.3 is 5.73 Å². The molecule has 0 saturated heterocycles. The molecule has 3 rings (SSSR count). The summed E-state index contributed by atoms with van der Waals surface area (Å²) in [6.45, 7) is 0.409. The first-order valence-corrected chi connectivity index (χ1v) is 6.94. The summed E-state index contributed by atoms with van der Waals surface area (Å²) < 4.78 is 1.99. The standard InChI is InChI=1S/C12H9Cl2N3S/c13-7-1-2-8(9(14)5-7)11-10(6-15)17-3-4-18-12(17)16-11/h1-5H,6,15H2. The van der Waals surface area contributed by atoms with E-state index in [0.29, 0.717) is 16.6 Å². The number of hydrogen-bond acceptors (Lipinski definition) is 3. The first-order valence-electron chi connectivity index (χ1n) is 5.30. The number of halogens is 2. The Balaban J connectivity index is 2.27. The molecule has 0 unspecified atom stereocenters. The van der Waals surface area contributed by atoms with Gasteiger partial charge in [-0.15, -0.1) is 11.3 Å². The van der Waals surface area contributed by atoms with Crippen LogP contribution in [0.15, 0.2) is 29.8 Å². The zero-order valence-electron chi connectivity index (χ0n) is 9.23. The fourth-order valence-corrected chi connectivity index (χ4v) is 3.16. The van der Waals surface area contributed by atoms with Crippen LogP contribution in [0.1, 0.15) is 5.69 Å². The summed E-state index contributed by atoms with van der Waals surface area (Å²) in [7, 11) is 0. The van der Waals surface area contributed by atoms with E-state index in [0.717, 1.165) is 21.9 Å². The van der Waals surface area contributed by atoms with Crippen LogP contribution in [-0.4, -0.2) is 9.38 Å². The minimum atomic E-state index is 0.409. The summed E-state index contributed by atoms with van der Waals surface area (Å²) in [5.41, 5.74) is 8.45. The lowest BCUT2D eigenvalue weighted by Crippen LogP contribution is -2.01. The Hall–Kier alpha value is -1.07. The highest BCUT2D eigenvalue weighted by Crippen LogP contribution is 2.33. The molecule has 6 heteroatoms. The van der Waals surface area contributed by atoms with Gasteiger partial charge in [-0.3, -0.25) is 4.40 Å². The molecule has 3 aromatic rings. The van der Waals surface area contributed by atoms with E-state index in [1.807, 2.05) is 22.0 Å². The third-order valence-corrected chi connectivity index (χ3v) is 4.05. The average Bonchev–Trinajstić information content (AvgIpc) is 2.88. The van der Waals surface area contributed by atoms with E-state index in [4.69, 9.17) is 28.9 Å². The zero-order chi connectivity index (χ0) is 12.7. The maximum absolute atomic E-state index is 6.22. The summed E-state index contributed by atoms with van der Waals surface area (Å²) in [5, 5.41) is 3.18. The Kier molecular flexibility index (Phi) is 3.03. The van der Waals surface area contributed by atoms with E-state index < -0.39 is 0 Å². The molecule has 18 heavy (non-hydrogen) atoms. The van der Waals surface area contributed by atoms with Crippen LogP contribution < -0.4 is 5.73 Å². The summed E-state index contributed by atoms with van der Waals surface area (Å²) in [6.07, 6.45) is 1.96. The molecule has 2 N–H and O–H groups in total. The Morgan fingerprint density at radius 1 is 1.33 bits per heavy atom. The molecule has 0 saturated carbocycles. The summed E-state index contributed by atoms with van der Waals surface area (Å²) in [4.78, 5) is 5.49. The molecular formula is C12H9Cl2N3S. The molecule has 0 spiro atoms. The number of benzene rings is 1. The lowest BCUT2D eigenvalue weighted by Gasteiger charge is -2.04. The molecule has 0 atom stereocenters. The smallest absolute Gasteiger partial charge is 0.194 e. The second-order valence-corrected chi connectivity index (χ2v) is 5.51. The molecule has 0 bridgehead atoms. The average molecular weight is 298 g/mol. The van der Waals surface area contributed by atoms with Gasteiger partial charge in [0.1, 0.15) is 0 Å². The van der Waals surface area contributed by atoms with Gasteiger partial charge in [0.25, 0.3) is 0 Å². The molecule has 0 aliphatic heterocycles. The number of rotatable bonds is 2. The largest absolute Gasteiger partial charge is 0.325 e. The summed E-state index contributed by atoms with van der Waals surface area (Å²) in [5.74, 6) is 0. The normalized spacial score (nSPS) is 11.3. The SMILES string of the molecule is NCc1c(-c2ccc(Cl)cc2Cl)nc2sccn12. The molecule has 2 aromatic heterocycles. The summed E-state index contributed by atoms with van der Waals surface area (Å²) >= 11 is 13.7. The first kappa shape index (κ1) is 12.0. The zero-order valence-corrected chi connectivity index (χ0v) is 11.6. The highest BCUT2D eigenvalue weighted by atomic mass is 35.5. The quantitative estimate of drug-likeness (QED) is 0.781. The number of aromatic nitrogens is 2. The lowest BCUT2D eigenvalue weighted by atomic mass is 10.1. The van der Waals surface area contributed by atoms with Crippen molar-refractivity contribution in [3.63, 3.8) is 0 Å². The topological polar surface area (TPSA) is 43.3 Å². The van der Waals surface area contributed by atoms with E-state index in [-0.39, 0.29) is 0 Å². The van der Waals surface area contributed by atoms with Gasteiger partial charge in [-0.1, -0.05) is 23.2 Å². The third kappa shape index (κ3) is 1.82. The molecule has 0 aliphatic carbocycles. The maximum atomic E-state index is 6.22. The van der Waals surface area contributed by atoms with Crippen molar-refractivity contribution in [1.29, 1.82) is 0 Å². The second kappa shape index (κ2) is 4.55. The number of hydrogen-bond donors (Lipinski definition) is 1. The van der Waals surface area contributed by atoms with Gasteiger partial charge in [0.15, 0.2) is 4.96 Å². The predicted octanol–water partition coefficient (Wildman–Crippen LogP) is 3.83. The van der Waals surface area contributed by atoms with Crippen LogP contribution in [0.2, 0.25) is 10.0 Å². The van der Waals surface area contributed by atoms with Crippen molar-refractivity contribution < 1.29 is 0 Å². The van der Waals surface area contributed by atoms with E-state index in [1.165, 1.54) is 0 Å². The lowest BCUT2D eigenvalue weighted by molar-refractivity contribution is 0.970. The van der Waals surface area contributed by atoms with Crippen molar-refractivity contribution in [3.8, 4) is 11.3 Å². The fourth-order valence-electron chi connectivity index (χ4n) is 1.92. The third-order valence-electron chi connectivity index (χ3n) is 2.74. The molecule has 92 valence electrons. The molecule has 3 nitrogen and oxygen atoms in total. The number of thiazole rings is 1. The van der Waals surface area contributed by atoms with Gasteiger partial charge in [-0.25, -0.2) is 4.98 Å². The monoisotopic (exact) mass is 297 g/mol. The number of imidazole rings is 1. The van der Waals surface area contributed by atoms with Gasteiger partial charge in [0, 0.05) is 28.7 Å². The second-order valence-electron chi connectivity index (χ2n) is 3.79. The number of nitrogens with two attached hydrogens (primary N) is 1. The van der Waals surface area contributed by atoms with Crippen molar-refractivity contribution in [1.82, 2.24) is 9.38 Å². The molecule has 0 amide bonds. The van der Waals surface area contributed by atoms with Crippen molar-refractivity contribution in [2.75, 3.05) is 0 Å². The summed E-state index contributed by atoms with van der Waals surface area (Å²) in [6, 6.07) is 5.39. The fraction of sp³-hybridized carbons (Fsp3) is 0.0833. The molecule has 2 heterocycles. The molecular weight excluding hydrogens is 289 g/mol. The number of fused-ring (bicyclic) bond motifs is 1. The van der Waals surface area contributed by atoms with Crippen molar-refractivity contribution in [2.24, 2.45) is 5.73 Å². The van der Waals surface area contributed by atoms with Crippen LogP contribution in [0.3, 0.4) is 0 Å². The molecule has 0 fully saturated rings. The van der Waals surface area contributed by atoms with Crippen LogP contribution >= 0.6 is 34.5 Å². The van der Waals surface area contributed by atoms with Gasteiger partial charge in [-0.05, 0) is 18.2 Å². The van der Waals surface area contributed by atoms with E-state index in [1.54, 1.807) is 23.5 Å². The van der Waals surface area contributed by atoms with Crippen LogP contribution in [-0.2, 0) is 6.54 Å². The van der Waals surface area contributed by atoms with Gasteiger partial charge in [0.05, 0.1) is 16.4 Å². The number of nitrogens with zero attached hydrogens (tertiary/aromatic N) is 2. The highest BCUT2D eigenvalue weighted by molar-refractivity contribution is 7.15. The van der Waals surface area contributed by atoms with Crippen LogP contribution in [0.5, 0.6) is 0 Å². The first-order chi connectivity index (χ1) is 8.70. The molecule has 1 aromatic carbocycles.